The van der Waals surface area contributed by atoms with Crippen LogP contribution in [0.4, 0.5) is 11.4 Å². The second-order valence-electron chi connectivity index (χ2n) is 7.18. The molecule has 0 aliphatic carbocycles. The van der Waals surface area contributed by atoms with Gasteiger partial charge in [-0.2, -0.15) is 0 Å². The zero-order valence-corrected chi connectivity index (χ0v) is 18.0. The first-order valence-corrected chi connectivity index (χ1v) is 10.1. The lowest BCUT2D eigenvalue weighted by atomic mass is 10.1. The summed E-state index contributed by atoms with van der Waals surface area (Å²) in [6.45, 7) is 2.40. The Morgan fingerprint density at radius 2 is 1.56 bits per heavy atom. The van der Waals surface area contributed by atoms with Crippen molar-refractivity contribution in [3.05, 3.63) is 95.1 Å². The fraction of sp³-hybridized carbons (Fsp3) is 0.160. The molecule has 7 heteroatoms. The minimum atomic E-state index is -0.424. The van der Waals surface area contributed by atoms with Crippen LogP contribution in [0.1, 0.15) is 31.8 Å². The first-order valence-electron chi connectivity index (χ1n) is 10.1. The minimum absolute atomic E-state index is 0.00308. The molecule has 32 heavy (non-hydrogen) atoms. The van der Waals surface area contributed by atoms with E-state index in [4.69, 9.17) is 0 Å². The molecule has 0 saturated carbocycles. The summed E-state index contributed by atoms with van der Waals surface area (Å²) in [6.07, 6.45) is 0. The Kier molecular flexibility index (Phi) is 7.59. The first kappa shape index (κ1) is 22.6. The van der Waals surface area contributed by atoms with Crippen LogP contribution in [0.2, 0.25) is 0 Å². The third kappa shape index (κ3) is 6.18. The van der Waals surface area contributed by atoms with Gasteiger partial charge in [0, 0.05) is 12.2 Å². The van der Waals surface area contributed by atoms with E-state index in [0.29, 0.717) is 29.0 Å². The van der Waals surface area contributed by atoms with Crippen LogP contribution in [0.25, 0.3) is 0 Å². The highest BCUT2D eigenvalue weighted by Gasteiger charge is 2.13. The van der Waals surface area contributed by atoms with Gasteiger partial charge in [-0.05, 0) is 48.9 Å². The van der Waals surface area contributed by atoms with E-state index in [1.165, 1.54) is 7.11 Å². The van der Waals surface area contributed by atoms with Crippen molar-refractivity contribution in [1.82, 2.24) is 5.32 Å². The van der Waals surface area contributed by atoms with Crippen molar-refractivity contribution in [2.75, 3.05) is 24.3 Å². The molecule has 7 nitrogen and oxygen atoms in total. The summed E-state index contributed by atoms with van der Waals surface area (Å²) in [5.74, 6) is -1.000. The maximum Gasteiger partial charge on any atom is 0.337 e. The van der Waals surface area contributed by atoms with Crippen LogP contribution in [0.15, 0.2) is 72.8 Å². The van der Waals surface area contributed by atoms with Crippen molar-refractivity contribution >= 4 is 29.2 Å². The van der Waals surface area contributed by atoms with Crippen molar-refractivity contribution in [2.24, 2.45) is 0 Å². The molecule has 164 valence electrons. The van der Waals surface area contributed by atoms with Crippen molar-refractivity contribution < 1.29 is 19.1 Å². The average molecular weight is 431 g/mol. The maximum absolute atomic E-state index is 12.7. The molecule has 0 unspecified atom stereocenters. The third-order valence-electron chi connectivity index (χ3n) is 4.78. The minimum Gasteiger partial charge on any atom is -0.465 e. The predicted octanol–water partition coefficient (Wildman–Crippen LogP) is 3.76. The Labute approximate surface area is 186 Å². The zero-order chi connectivity index (χ0) is 22.9. The molecule has 3 rings (SSSR count). The van der Waals surface area contributed by atoms with E-state index in [-0.39, 0.29) is 18.4 Å². The normalized spacial score (nSPS) is 10.2. The number of benzene rings is 3. The van der Waals surface area contributed by atoms with Gasteiger partial charge in [-0.3, -0.25) is 9.59 Å². The number of para-hydroxylation sites is 1. The smallest absolute Gasteiger partial charge is 0.337 e. The van der Waals surface area contributed by atoms with Gasteiger partial charge in [0.2, 0.25) is 5.91 Å². The van der Waals surface area contributed by atoms with Crippen molar-refractivity contribution in [2.45, 2.75) is 13.5 Å². The molecule has 0 radical (unpaired) electrons. The third-order valence-corrected chi connectivity index (χ3v) is 4.78. The molecule has 3 aromatic carbocycles. The molecule has 3 aromatic rings. The van der Waals surface area contributed by atoms with Crippen LogP contribution in [0, 0.1) is 6.92 Å². The summed E-state index contributed by atoms with van der Waals surface area (Å²) in [4.78, 5) is 36.6. The number of esters is 1. The van der Waals surface area contributed by atoms with Gasteiger partial charge in [-0.15, -0.1) is 0 Å². The standard InChI is InChI=1S/C25H25N3O4/c1-17-7-9-18(10-8-17)15-27-24(30)21-5-3-4-6-22(21)28-23(29)16-26-20-13-11-19(12-14-20)25(31)32-2/h3-14,26H,15-16H2,1-2H3,(H,27,30)(H,28,29). The number of methoxy groups -OCH3 is 1. The summed E-state index contributed by atoms with van der Waals surface area (Å²) >= 11 is 0. The van der Waals surface area contributed by atoms with Crippen LogP contribution in [0.5, 0.6) is 0 Å². The maximum atomic E-state index is 12.7. The molecule has 0 heterocycles. The number of hydrogen-bond acceptors (Lipinski definition) is 5. The van der Waals surface area contributed by atoms with Crippen LogP contribution in [-0.4, -0.2) is 31.4 Å². The molecule has 2 amide bonds. The van der Waals surface area contributed by atoms with Crippen molar-refractivity contribution in [3.8, 4) is 0 Å². The highest BCUT2D eigenvalue weighted by Crippen LogP contribution is 2.16. The number of amides is 2. The molecular formula is C25H25N3O4. The second-order valence-corrected chi connectivity index (χ2v) is 7.18. The number of rotatable bonds is 8. The Hall–Kier alpha value is -4.13. The Morgan fingerprint density at radius 3 is 2.25 bits per heavy atom. The topological polar surface area (TPSA) is 96.5 Å². The number of hydrogen-bond donors (Lipinski definition) is 3. The summed E-state index contributed by atoms with van der Waals surface area (Å²) in [7, 11) is 1.32. The van der Waals surface area contributed by atoms with E-state index in [2.05, 4.69) is 20.7 Å². The summed E-state index contributed by atoms with van der Waals surface area (Å²) in [6, 6.07) is 21.4. The summed E-state index contributed by atoms with van der Waals surface area (Å²) < 4.78 is 4.66. The number of carbonyl (C=O) groups excluding carboxylic acids is 3. The lowest BCUT2D eigenvalue weighted by Gasteiger charge is -2.12. The molecule has 0 fully saturated rings. The molecule has 3 N–H and O–H groups in total. The summed E-state index contributed by atoms with van der Waals surface area (Å²) in [5, 5.41) is 8.64. The molecular weight excluding hydrogens is 406 g/mol. The van der Waals surface area contributed by atoms with Gasteiger partial charge in [0.15, 0.2) is 0 Å². The quantitative estimate of drug-likeness (QED) is 0.472. The van der Waals surface area contributed by atoms with Crippen LogP contribution >= 0.6 is 0 Å². The first-order chi connectivity index (χ1) is 15.5. The molecule has 0 aliphatic heterocycles. The predicted molar refractivity (Wildman–Crippen MR) is 124 cm³/mol. The van der Waals surface area contributed by atoms with Gasteiger partial charge >= 0.3 is 5.97 Å². The lowest BCUT2D eigenvalue weighted by molar-refractivity contribution is -0.114. The monoisotopic (exact) mass is 431 g/mol. The molecule has 0 aliphatic rings. The number of aryl methyl sites for hydroxylation is 1. The van der Waals surface area contributed by atoms with Gasteiger partial charge in [-0.1, -0.05) is 42.0 Å². The van der Waals surface area contributed by atoms with Gasteiger partial charge in [-0.25, -0.2) is 4.79 Å². The van der Waals surface area contributed by atoms with E-state index in [0.717, 1.165) is 11.1 Å². The number of anilines is 2. The zero-order valence-electron chi connectivity index (χ0n) is 18.0. The van der Waals surface area contributed by atoms with E-state index >= 15 is 0 Å². The fourth-order valence-electron chi connectivity index (χ4n) is 2.99. The van der Waals surface area contributed by atoms with E-state index in [9.17, 15) is 14.4 Å². The van der Waals surface area contributed by atoms with Crippen LogP contribution < -0.4 is 16.0 Å². The Balaban J connectivity index is 1.56. The highest BCUT2D eigenvalue weighted by molar-refractivity contribution is 6.04. The molecule has 0 bridgehead atoms. The van der Waals surface area contributed by atoms with Gasteiger partial charge in [0.25, 0.3) is 5.91 Å². The largest absolute Gasteiger partial charge is 0.465 e. The van der Waals surface area contributed by atoms with E-state index < -0.39 is 5.97 Å². The van der Waals surface area contributed by atoms with Gasteiger partial charge < -0.3 is 20.7 Å². The number of ether oxygens (including phenoxy) is 1. The SMILES string of the molecule is COC(=O)c1ccc(NCC(=O)Nc2ccccc2C(=O)NCc2ccc(C)cc2)cc1. The number of nitrogens with one attached hydrogen (secondary N) is 3. The van der Waals surface area contributed by atoms with Crippen LogP contribution in [-0.2, 0) is 16.1 Å². The Bertz CT molecular complexity index is 1090. The van der Waals surface area contributed by atoms with Crippen molar-refractivity contribution in [3.63, 3.8) is 0 Å². The van der Waals surface area contributed by atoms with Gasteiger partial charge in [0.05, 0.1) is 30.5 Å². The highest BCUT2D eigenvalue weighted by atomic mass is 16.5. The van der Waals surface area contributed by atoms with Crippen molar-refractivity contribution in [1.29, 1.82) is 0 Å². The fourth-order valence-corrected chi connectivity index (χ4v) is 2.99. The number of carbonyl (C=O) groups is 3. The molecule has 0 aromatic heterocycles. The van der Waals surface area contributed by atoms with E-state index in [1.807, 2.05) is 31.2 Å². The van der Waals surface area contributed by atoms with E-state index in [1.54, 1.807) is 48.5 Å². The molecule has 0 atom stereocenters. The molecule has 0 saturated heterocycles. The lowest BCUT2D eigenvalue weighted by Crippen LogP contribution is -2.26. The summed E-state index contributed by atoms with van der Waals surface area (Å²) in [5.41, 5.74) is 4.07. The van der Waals surface area contributed by atoms with Gasteiger partial charge in [0.1, 0.15) is 0 Å². The average Bonchev–Trinajstić information content (AvgIpc) is 2.82. The second kappa shape index (κ2) is 10.8. The Morgan fingerprint density at radius 1 is 0.875 bits per heavy atom. The molecule has 0 spiro atoms. The van der Waals surface area contributed by atoms with Crippen LogP contribution in [0.3, 0.4) is 0 Å².